The molecule has 1 rings (SSSR count). The summed E-state index contributed by atoms with van der Waals surface area (Å²) in [6, 6.07) is 0. The van der Waals surface area contributed by atoms with Crippen LogP contribution in [-0.2, 0) is 0 Å². The van der Waals surface area contributed by atoms with Crippen LogP contribution >= 0.6 is 12.2 Å². The Labute approximate surface area is 59.1 Å². The molecule has 1 N–H and O–H groups in total. The van der Waals surface area contributed by atoms with E-state index in [0.717, 1.165) is 0 Å². The Morgan fingerprint density at radius 1 is 1.56 bits per heavy atom. The van der Waals surface area contributed by atoms with E-state index in [2.05, 4.69) is 22.4 Å². The summed E-state index contributed by atoms with van der Waals surface area (Å²) in [6.07, 6.45) is 0. The summed E-state index contributed by atoms with van der Waals surface area (Å²) in [5.41, 5.74) is 0. The van der Waals surface area contributed by atoms with Crippen LogP contribution in [0.3, 0.4) is 0 Å². The molecule has 0 aliphatic heterocycles. The molecule has 0 atom stereocenters. The minimum absolute atomic E-state index is 0.331. The largest absolute Gasteiger partial charge is 0.414 e. The summed E-state index contributed by atoms with van der Waals surface area (Å²) >= 11 is 4.55. The summed E-state index contributed by atoms with van der Waals surface area (Å²) in [5.74, 6) is 0.574. The van der Waals surface area contributed by atoms with Crippen molar-refractivity contribution >= 4 is 12.2 Å². The molecule has 0 saturated heterocycles. The van der Waals surface area contributed by atoms with Gasteiger partial charge in [-0.15, -0.1) is 5.10 Å². The predicted octanol–water partition coefficient (Wildman–Crippen LogP) is 2.07. The first-order valence-electron chi connectivity index (χ1n) is 2.81. The number of nitrogens with zero attached hydrogens (tertiary/aromatic N) is 1. The van der Waals surface area contributed by atoms with Gasteiger partial charge in [-0.25, -0.2) is 5.10 Å². The van der Waals surface area contributed by atoms with E-state index in [1.807, 2.05) is 13.8 Å². The number of nitrogens with one attached hydrogen (secondary N) is 1. The van der Waals surface area contributed by atoms with Gasteiger partial charge in [-0.1, -0.05) is 13.8 Å². The van der Waals surface area contributed by atoms with Crippen LogP contribution in [-0.4, -0.2) is 10.2 Å². The first-order chi connectivity index (χ1) is 4.29. The van der Waals surface area contributed by atoms with Crippen molar-refractivity contribution < 1.29 is 4.42 Å². The van der Waals surface area contributed by atoms with Crippen LogP contribution in [0, 0.1) is 11.8 Å². The lowest BCUT2D eigenvalue weighted by atomic mass is 10.8. The molecule has 1 heterocycles. The van der Waals surface area contributed by atoms with Crippen LogP contribution in [0.1, 0.15) is 19.7 Å². The molecule has 0 aliphatic carbocycles. The van der Waals surface area contributed by atoms with Gasteiger partial charge in [0.1, 0.15) is 0 Å². The van der Waals surface area contributed by atoms with Crippen LogP contribution in [0.15, 0.2) is 4.42 Å². The van der Waals surface area contributed by atoms with Gasteiger partial charge in [0.2, 0.25) is 5.89 Å². The maximum Gasteiger partial charge on any atom is 0.284 e. The third-order valence-electron chi connectivity index (χ3n) is 0.545. The van der Waals surface area contributed by atoms with Gasteiger partial charge < -0.3 is 4.42 Å². The molecule has 52 valence electrons. The van der Waals surface area contributed by atoms with E-state index < -0.39 is 0 Å². The van der Waals surface area contributed by atoms with E-state index in [1.54, 1.807) is 6.92 Å². The van der Waals surface area contributed by atoms with Crippen molar-refractivity contribution in [2.75, 3.05) is 0 Å². The van der Waals surface area contributed by atoms with Crippen LogP contribution in [0.2, 0.25) is 0 Å². The van der Waals surface area contributed by atoms with Crippen LogP contribution in [0.5, 0.6) is 0 Å². The number of hydrogen-bond acceptors (Lipinski definition) is 3. The Hall–Kier alpha value is -0.640. The van der Waals surface area contributed by atoms with Crippen molar-refractivity contribution in [1.82, 2.24) is 10.2 Å². The van der Waals surface area contributed by atoms with E-state index in [9.17, 15) is 0 Å². The van der Waals surface area contributed by atoms with Gasteiger partial charge >= 0.3 is 0 Å². The minimum atomic E-state index is 0.331. The van der Waals surface area contributed by atoms with Crippen LogP contribution in [0.4, 0.5) is 0 Å². The number of aromatic amines is 1. The van der Waals surface area contributed by atoms with Gasteiger partial charge in [0, 0.05) is 6.92 Å². The molecule has 9 heavy (non-hydrogen) atoms. The highest BCUT2D eigenvalue weighted by Gasteiger charge is 1.83. The fraction of sp³-hybridized carbons (Fsp3) is 0.600. The van der Waals surface area contributed by atoms with Crippen molar-refractivity contribution in [3.8, 4) is 0 Å². The number of rotatable bonds is 0. The van der Waals surface area contributed by atoms with Gasteiger partial charge in [-0.05, 0) is 12.2 Å². The van der Waals surface area contributed by atoms with Crippen molar-refractivity contribution in [3.05, 3.63) is 10.7 Å². The lowest BCUT2D eigenvalue weighted by molar-refractivity contribution is 0.504. The average Bonchev–Trinajstić information content (AvgIpc) is 2.20. The molecule has 0 saturated carbocycles. The van der Waals surface area contributed by atoms with Crippen LogP contribution < -0.4 is 0 Å². The normalized spacial score (nSPS) is 7.89. The van der Waals surface area contributed by atoms with Crippen molar-refractivity contribution in [2.24, 2.45) is 0 Å². The summed E-state index contributed by atoms with van der Waals surface area (Å²) in [4.78, 5) is 0.331. The van der Waals surface area contributed by atoms with Gasteiger partial charge in [0.05, 0.1) is 0 Å². The second-order valence-electron chi connectivity index (χ2n) is 1.13. The van der Waals surface area contributed by atoms with Gasteiger partial charge in [-0.2, -0.15) is 0 Å². The molecule has 1 aromatic heterocycles. The molecule has 4 heteroatoms. The highest BCUT2D eigenvalue weighted by atomic mass is 32.1. The Morgan fingerprint density at radius 3 is 2.22 bits per heavy atom. The smallest absolute Gasteiger partial charge is 0.284 e. The fourth-order valence-corrected chi connectivity index (χ4v) is 0.470. The number of hydrogen-bond donors (Lipinski definition) is 1. The summed E-state index contributed by atoms with van der Waals surface area (Å²) < 4.78 is 4.73. The molecular formula is C5H10N2OS. The molecule has 3 nitrogen and oxygen atoms in total. The zero-order valence-corrected chi connectivity index (χ0v) is 6.58. The van der Waals surface area contributed by atoms with Crippen molar-refractivity contribution in [3.63, 3.8) is 0 Å². The molecule has 0 aromatic carbocycles. The standard InChI is InChI=1S/C3H4N2OS.C2H6/c1-2-4-5-3(7)6-2;1-2/h1H3,(H,5,7);1-2H3. The minimum Gasteiger partial charge on any atom is -0.414 e. The Balaban J connectivity index is 0.000000291. The van der Waals surface area contributed by atoms with E-state index in [4.69, 9.17) is 4.42 Å². The second-order valence-corrected chi connectivity index (χ2v) is 1.50. The SMILES string of the molecule is CC.Cc1n[nH]c(=S)o1. The lowest BCUT2D eigenvalue weighted by Gasteiger charge is -1.65. The Bertz CT molecular complexity index is 203. The zero-order valence-electron chi connectivity index (χ0n) is 5.76. The molecule has 0 radical (unpaired) electrons. The number of aromatic nitrogens is 2. The third kappa shape index (κ3) is 3.03. The highest BCUT2D eigenvalue weighted by molar-refractivity contribution is 7.71. The lowest BCUT2D eigenvalue weighted by Crippen LogP contribution is -1.65. The number of aryl methyl sites for hydroxylation is 1. The van der Waals surface area contributed by atoms with E-state index in [1.165, 1.54) is 0 Å². The van der Waals surface area contributed by atoms with E-state index >= 15 is 0 Å². The number of H-pyrrole nitrogens is 1. The van der Waals surface area contributed by atoms with Crippen molar-refractivity contribution in [2.45, 2.75) is 20.8 Å². The van der Waals surface area contributed by atoms with Gasteiger partial charge in [-0.3, -0.25) is 0 Å². The molecule has 0 spiro atoms. The summed E-state index contributed by atoms with van der Waals surface area (Å²) in [6.45, 7) is 5.73. The maximum absolute atomic E-state index is 4.73. The summed E-state index contributed by atoms with van der Waals surface area (Å²) in [7, 11) is 0. The van der Waals surface area contributed by atoms with Crippen molar-refractivity contribution in [1.29, 1.82) is 0 Å². The molecule has 1 aromatic rings. The highest BCUT2D eigenvalue weighted by Crippen LogP contribution is 1.87. The van der Waals surface area contributed by atoms with E-state index in [-0.39, 0.29) is 0 Å². The molecule has 0 amide bonds. The second kappa shape index (κ2) is 4.26. The van der Waals surface area contributed by atoms with Crippen LogP contribution in [0.25, 0.3) is 0 Å². The average molecular weight is 146 g/mol. The quantitative estimate of drug-likeness (QED) is 0.570. The van der Waals surface area contributed by atoms with Gasteiger partial charge in [0.15, 0.2) is 0 Å². The monoisotopic (exact) mass is 146 g/mol. The topological polar surface area (TPSA) is 41.8 Å². The first-order valence-corrected chi connectivity index (χ1v) is 3.22. The Morgan fingerprint density at radius 2 is 2.11 bits per heavy atom. The predicted molar refractivity (Wildman–Crippen MR) is 37.8 cm³/mol. The zero-order chi connectivity index (χ0) is 7.28. The molecule has 0 fully saturated rings. The Kier molecular flexibility index (Phi) is 3.96. The third-order valence-corrected chi connectivity index (χ3v) is 0.720. The molecular weight excluding hydrogens is 136 g/mol. The first kappa shape index (κ1) is 8.36. The van der Waals surface area contributed by atoms with E-state index in [0.29, 0.717) is 10.7 Å². The maximum atomic E-state index is 4.73. The fourth-order valence-electron chi connectivity index (χ4n) is 0.304. The summed E-state index contributed by atoms with van der Waals surface area (Å²) in [5, 5.41) is 6.09. The molecule has 0 unspecified atom stereocenters. The molecule has 0 aliphatic rings. The molecule has 0 bridgehead atoms. The van der Waals surface area contributed by atoms with Gasteiger partial charge in [0.25, 0.3) is 4.84 Å².